The highest BCUT2D eigenvalue weighted by Crippen LogP contribution is 2.21. The molecular formula is C14H21N3O2S. The minimum absolute atomic E-state index is 0.117. The number of benzene rings is 1. The Hall–Kier alpha value is -1.40. The van der Waals surface area contributed by atoms with E-state index in [9.17, 15) is 4.79 Å². The number of amides is 1. The number of nitrogens with zero attached hydrogens (tertiary/aromatic N) is 1. The van der Waals surface area contributed by atoms with Crippen LogP contribution in [-0.4, -0.2) is 55.6 Å². The number of methoxy groups -OCH3 is 1. The van der Waals surface area contributed by atoms with E-state index in [1.807, 2.05) is 11.8 Å². The number of carbonyl (C=O) groups is 1. The van der Waals surface area contributed by atoms with Crippen LogP contribution in [0, 0.1) is 0 Å². The van der Waals surface area contributed by atoms with Gasteiger partial charge in [0.2, 0.25) is 0 Å². The number of carbonyl (C=O) groups excluding carboxylic acids is 1. The van der Waals surface area contributed by atoms with Gasteiger partial charge in [-0.05, 0) is 12.1 Å². The summed E-state index contributed by atoms with van der Waals surface area (Å²) in [7, 11) is 1.54. The molecule has 110 valence electrons. The minimum Gasteiger partial charge on any atom is -0.496 e. The molecule has 1 aromatic carbocycles. The van der Waals surface area contributed by atoms with Crippen LogP contribution in [-0.2, 0) is 0 Å². The fourth-order valence-corrected chi connectivity index (χ4v) is 3.12. The maximum absolute atomic E-state index is 12.1. The van der Waals surface area contributed by atoms with Gasteiger partial charge in [0.1, 0.15) is 5.75 Å². The lowest BCUT2D eigenvalue weighted by Crippen LogP contribution is -2.39. The van der Waals surface area contributed by atoms with Crippen molar-refractivity contribution in [3.63, 3.8) is 0 Å². The van der Waals surface area contributed by atoms with Crippen molar-refractivity contribution in [2.45, 2.75) is 0 Å². The smallest absolute Gasteiger partial charge is 0.255 e. The van der Waals surface area contributed by atoms with E-state index in [1.54, 1.807) is 18.2 Å². The van der Waals surface area contributed by atoms with Gasteiger partial charge in [-0.2, -0.15) is 11.8 Å². The zero-order valence-electron chi connectivity index (χ0n) is 11.7. The lowest BCUT2D eigenvalue weighted by atomic mass is 10.1. The molecule has 1 fully saturated rings. The highest BCUT2D eigenvalue weighted by atomic mass is 32.2. The fraction of sp³-hybridized carbons (Fsp3) is 0.500. The second-order valence-corrected chi connectivity index (χ2v) is 5.89. The molecule has 5 nitrogen and oxygen atoms in total. The molecule has 1 saturated heterocycles. The first kappa shape index (κ1) is 15.0. The van der Waals surface area contributed by atoms with Crippen LogP contribution in [0.4, 0.5) is 5.69 Å². The van der Waals surface area contributed by atoms with E-state index < -0.39 is 0 Å². The Balaban J connectivity index is 1.85. The third-order valence-electron chi connectivity index (χ3n) is 3.29. The highest BCUT2D eigenvalue weighted by Gasteiger charge is 2.13. The molecule has 0 atom stereocenters. The number of nitrogens with one attached hydrogen (secondary N) is 1. The van der Waals surface area contributed by atoms with Crippen molar-refractivity contribution in [1.82, 2.24) is 10.2 Å². The second kappa shape index (κ2) is 7.40. The Morgan fingerprint density at radius 2 is 2.20 bits per heavy atom. The Labute approximate surface area is 123 Å². The van der Waals surface area contributed by atoms with E-state index in [2.05, 4.69) is 10.2 Å². The molecule has 0 aromatic heterocycles. The van der Waals surface area contributed by atoms with Crippen LogP contribution in [0.3, 0.4) is 0 Å². The van der Waals surface area contributed by atoms with Crippen molar-refractivity contribution in [3.05, 3.63) is 23.8 Å². The van der Waals surface area contributed by atoms with Gasteiger partial charge < -0.3 is 15.8 Å². The standard InChI is InChI=1S/C14H21N3O2S/c1-19-13-10-11(15)2-3-12(13)14(18)16-4-5-17-6-8-20-9-7-17/h2-3,10H,4-9,15H2,1H3,(H,16,18). The van der Waals surface area contributed by atoms with Crippen LogP contribution in [0.25, 0.3) is 0 Å². The van der Waals surface area contributed by atoms with Gasteiger partial charge in [0.25, 0.3) is 5.91 Å². The molecule has 0 aliphatic carbocycles. The van der Waals surface area contributed by atoms with Gasteiger partial charge in [-0.25, -0.2) is 0 Å². The molecule has 3 N–H and O–H groups in total. The molecule has 0 saturated carbocycles. The van der Waals surface area contributed by atoms with Crippen molar-refractivity contribution < 1.29 is 9.53 Å². The van der Waals surface area contributed by atoms with E-state index in [0.717, 1.165) is 19.6 Å². The van der Waals surface area contributed by atoms with Crippen LogP contribution >= 0.6 is 11.8 Å². The summed E-state index contributed by atoms with van der Waals surface area (Å²) in [6.07, 6.45) is 0. The largest absolute Gasteiger partial charge is 0.496 e. The summed E-state index contributed by atoms with van der Waals surface area (Å²) in [6.45, 7) is 3.75. The average Bonchev–Trinajstić information content (AvgIpc) is 2.48. The molecule has 0 radical (unpaired) electrons. The molecule has 20 heavy (non-hydrogen) atoms. The number of ether oxygens (including phenoxy) is 1. The predicted octanol–water partition coefficient (Wildman–Crippen LogP) is 1.06. The monoisotopic (exact) mass is 295 g/mol. The summed E-state index contributed by atoms with van der Waals surface area (Å²) < 4.78 is 5.19. The normalized spacial score (nSPS) is 15.8. The summed E-state index contributed by atoms with van der Waals surface area (Å²) in [5.41, 5.74) is 6.79. The first-order chi connectivity index (χ1) is 9.70. The van der Waals surface area contributed by atoms with Crippen molar-refractivity contribution in [1.29, 1.82) is 0 Å². The topological polar surface area (TPSA) is 67.6 Å². The molecule has 2 rings (SSSR count). The van der Waals surface area contributed by atoms with E-state index in [1.165, 1.54) is 18.6 Å². The average molecular weight is 295 g/mol. The van der Waals surface area contributed by atoms with Crippen molar-refractivity contribution >= 4 is 23.4 Å². The number of hydrogen-bond acceptors (Lipinski definition) is 5. The molecule has 0 unspecified atom stereocenters. The molecule has 0 spiro atoms. The summed E-state index contributed by atoms with van der Waals surface area (Å²) in [4.78, 5) is 14.5. The predicted molar refractivity (Wildman–Crippen MR) is 83.5 cm³/mol. The second-order valence-electron chi connectivity index (χ2n) is 4.67. The number of anilines is 1. The fourth-order valence-electron chi connectivity index (χ4n) is 2.14. The van der Waals surface area contributed by atoms with Crippen molar-refractivity contribution in [2.75, 3.05) is 50.5 Å². The zero-order valence-corrected chi connectivity index (χ0v) is 12.5. The molecule has 1 aliphatic rings. The summed E-state index contributed by atoms with van der Waals surface area (Å²) >= 11 is 1.98. The van der Waals surface area contributed by atoms with Crippen LogP contribution in [0.15, 0.2) is 18.2 Å². The Morgan fingerprint density at radius 1 is 1.45 bits per heavy atom. The van der Waals surface area contributed by atoms with Gasteiger partial charge in [-0.1, -0.05) is 0 Å². The first-order valence-electron chi connectivity index (χ1n) is 6.72. The molecule has 6 heteroatoms. The van der Waals surface area contributed by atoms with E-state index in [4.69, 9.17) is 10.5 Å². The number of nitrogen functional groups attached to an aromatic ring is 1. The SMILES string of the molecule is COc1cc(N)ccc1C(=O)NCCN1CCSCC1. The van der Waals surface area contributed by atoms with Gasteiger partial charge in [0, 0.05) is 49.4 Å². The highest BCUT2D eigenvalue weighted by molar-refractivity contribution is 7.99. The lowest BCUT2D eigenvalue weighted by molar-refractivity contribution is 0.0946. The van der Waals surface area contributed by atoms with Crippen LogP contribution < -0.4 is 15.8 Å². The molecule has 1 aliphatic heterocycles. The maximum atomic E-state index is 12.1. The van der Waals surface area contributed by atoms with Crippen molar-refractivity contribution in [2.24, 2.45) is 0 Å². The Morgan fingerprint density at radius 3 is 2.90 bits per heavy atom. The maximum Gasteiger partial charge on any atom is 0.255 e. The van der Waals surface area contributed by atoms with Gasteiger partial charge in [0.05, 0.1) is 12.7 Å². The van der Waals surface area contributed by atoms with E-state index >= 15 is 0 Å². The molecule has 1 heterocycles. The lowest BCUT2D eigenvalue weighted by Gasteiger charge is -2.26. The summed E-state index contributed by atoms with van der Waals surface area (Å²) in [6, 6.07) is 5.07. The van der Waals surface area contributed by atoms with E-state index in [0.29, 0.717) is 23.5 Å². The molecule has 1 aromatic rings. The van der Waals surface area contributed by atoms with Gasteiger partial charge in [-0.15, -0.1) is 0 Å². The summed E-state index contributed by atoms with van der Waals surface area (Å²) in [5.74, 6) is 2.75. The summed E-state index contributed by atoms with van der Waals surface area (Å²) in [5, 5.41) is 2.93. The molecular weight excluding hydrogens is 274 g/mol. The zero-order chi connectivity index (χ0) is 14.4. The number of hydrogen-bond donors (Lipinski definition) is 2. The minimum atomic E-state index is -0.117. The Kier molecular flexibility index (Phi) is 5.55. The van der Waals surface area contributed by atoms with Crippen LogP contribution in [0.5, 0.6) is 5.75 Å². The molecule has 0 bridgehead atoms. The Bertz CT molecular complexity index is 462. The van der Waals surface area contributed by atoms with Crippen molar-refractivity contribution in [3.8, 4) is 5.75 Å². The van der Waals surface area contributed by atoms with Gasteiger partial charge >= 0.3 is 0 Å². The quantitative estimate of drug-likeness (QED) is 0.795. The number of nitrogens with two attached hydrogens (primary N) is 1. The molecule has 1 amide bonds. The third-order valence-corrected chi connectivity index (χ3v) is 4.23. The van der Waals surface area contributed by atoms with Crippen LogP contribution in [0.1, 0.15) is 10.4 Å². The van der Waals surface area contributed by atoms with E-state index in [-0.39, 0.29) is 5.91 Å². The van der Waals surface area contributed by atoms with Gasteiger partial charge in [0.15, 0.2) is 0 Å². The van der Waals surface area contributed by atoms with Gasteiger partial charge in [-0.3, -0.25) is 9.69 Å². The first-order valence-corrected chi connectivity index (χ1v) is 7.88. The number of rotatable bonds is 5. The third kappa shape index (κ3) is 4.05. The van der Waals surface area contributed by atoms with Crippen LogP contribution in [0.2, 0.25) is 0 Å². The number of thioether (sulfide) groups is 1.